The minimum Gasteiger partial charge on any atom is -0.477 e. The minimum absolute atomic E-state index is 0.00729. The van der Waals surface area contributed by atoms with Gasteiger partial charge in [0.25, 0.3) is 0 Å². The number of rotatable bonds is 0. The molecule has 0 saturated carbocycles. The third kappa shape index (κ3) is 5.78. The van der Waals surface area contributed by atoms with E-state index in [0.717, 1.165) is 44.5 Å². The molecule has 0 aromatic heterocycles. The van der Waals surface area contributed by atoms with Gasteiger partial charge in [0, 0.05) is 25.7 Å². The number of alkyl halides is 4. The highest BCUT2D eigenvalue weighted by Crippen LogP contribution is 2.59. The van der Waals surface area contributed by atoms with Crippen LogP contribution in [0.5, 0.6) is 11.5 Å². The van der Waals surface area contributed by atoms with Crippen LogP contribution in [0.1, 0.15) is 116 Å². The highest BCUT2D eigenvalue weighted by molar-refractivity contribution is 9.10. The first kappa shape index (κ1) is 39.0. The maximum Gasteiger partial charge on any atom is 0.198 e. The molecule has 0 unspecified atom stereocenters. The molecule has 0 N–H and O–H groups in total. The van der Waals surface area contributed by atoms with E-state index >= 15 is 9.59 Å². The summed E-state index contributed by atoms with van der Waals surface area (Å²) in [5, 5.41) is 0. The van der Waals surface area contributed by atoms with Gasteiger partial charge in [-0.2, -0.15) is 0 Å². The van der Waals surface area contributed by atoms with Crippen molar-refractivity contribution in [2.24, 2.45) is 10.8 Å². The summed E-state index contributed by atoms with van der Waals surface area (Å²) < 4.78 is 12.3. The molecule has 2 aromatic rings. The standard InChI is InChI=1S/C44H52Br4O4/c1-37(2,3)27-13-23-17-41(47)21-29(39(7,8)9)34(46)44(35(41)49)20-26-16-28(38(4,5)6)14-24(32(26)52-44)18-42(48)22-30(40(10,11)12)33(45)43(36(42)50)19-25(15-27)31(23)51-43/h13-16,21-22,33-34H,17-20H2,1-12H3/t33-,34+,41-,42+,43+,44-. The summed E-state index contributed by atoms with van der Waals surface area (Å²) in [7, 11) is 0. The fraction of sp³-hybridized carbons (Fsp3) is 0.591. The lowest BCUT2D eigenvalue weighted by Gasteiger charge is -2.47. The van der Waals surface area contributed by atoms with Crippen molar-refractivity contribution in [3.63, 3.8) is 0 Å². The quantitative estimate of drug-likeness (QED) is 0.195. The van der Waals surface area contributed by atoms with E-state index in [0.29, 0.717) is 37.2 Å². The van der Waals surface area contributed by atoms with Crippen molar-refractivity contribution >= 4 is 75.3 Å². The predicted molar refractivity (Wildman–Crippen MR) is 226 cm³/mol. The number of carbonyl (C=O) groups excluding carboxylic acids is 2. The Morgan fingerprint density at radius 3 is 1.08 bits per heavy atom. The van der Waals surface area contributed by atoms with E-state index in [2.05, 4.69) is 183 Å². The number of ether oxygens (including phenoxy) is 2. The fourth-order valence-electron chi connectivity index (χ4n) is 8.92. The first-order valence-electron chi connectivity index (χ1n) is 18.5. The molecule has 3 aliphatic heterocycles. The summed E-state index contributed by atoms with van der Waals surface area (Å²) in [6, 6.07) is 8.86. The summed E-state index contributed by atoms with van der Waals surface area (Å²) in [5.74, 6) is 1.41. The summed E-state index contributed by atoms with van der Waals surface area (Å²) >= 11 is 16.4. The van der Waals surface area contributed by atoms with Crippen molar-refractivity contribution in [1.82, 2.24) is 0 Å². The topological polar surface area (TPSA) is 52.6 Å². The molecular formula is C44H52Br4O4. The van der Waals surface area contributed by atoms with Crippen LogP contribution in [-0.4, -0.2) is 41.1 Å². The third-order valence-electron chi connectivity index (χ3n) is 12.0. The molecule has 0 amide bonds. The Hall–Kier alpha value is -1.22. The van der Waals surface area contributed by atoms with Gasteiger partial charge in [0.05, 0.1) is 9.65 Å². The molecule has 6 bridgehead atoms. The van der Waals surface area contributed by atoms with Gasteiger partial charge in [-0.1, -0.05) is 183 Å². The van der Waals surface area contributed by atoms with Crippen LogP contribution in [0.3, 0.4) is 0 Å². The SMILES string of the molecule is CC(C)(C)C1=C[C@@]2(Br)Cc3cc(C(C)(C)C)cc4c3O[C@@]3(C4)C(=O)[C@](Br)(C=C(C(C)(C)C)[C@@H]3Br)Cc3cc(C(C)(C)C)cc4c3O[C@](C4)(C2=O)[C@@H]1Br. The molecule has 2 spiro atoms. The van der Waals surface area contributed by atoms with E-state index in [9.17, 15) is 0 Å². The van der Waals surface area contributed by atoms with Gasteiger partial charge in [-0.25, -0.2) is 0 Å². The zero-order chi connectivity index (χ0) is 38.6. The van der Waals surface area contributed by atoms with Crippen molar-refractivity contribution < 1.29 is 19.1 Å². The lowest BCUT2D eigenvalue weighted by molar-refractivity contribution is -0.136. The second kappa shape index (κ2) is 11.7. The molecule has 4 nitrogen and oxygen atoms in total. The number of hydrogen-bond donors (Lipinski definition) is 0. The lowest BCUT2D eigenvalue weighted by atomic mass is 9.67. The minimum atomic E-state index is -1.21. The molecule has 0 fully saturated rings. The van der Waals surface area contributed by atoms with E-state index in [-0.39, 0.29) is 42.9 Å². The van der Waals surface area contributed by atoms with Crippen molar-refractivity contribution in [3.05, 3.63) is 80.9 Å². The van der Waals surface area contributed by atoms with Gasteiger partial charge in [-0.15, -0.1) is 0 Å². The van der Waals surface area contributed by atoms with E-state index in [1.165, 1.54) is 0 Å². The van der Waals surface area contributed by atoms with Crippen molar-refractivity contribution in [2.45, 2.75) is 149 Å². The van der Waals surface area contributed by atoms with Crippen LogP contribution in [0.4, 0.5) is 0 Å². The highest BCUT2D eigenvalue weighted by atomic mass is 79.9. The monoisotopic (exact) mass is 960 g/mol. The Bertz CT molecular complexity index is 1860. The average Bonchev–Trinajstić information content (AvgIpc) is 3.58. The van der Waals surface area contributed by atoms with Gasteiger partial charge < -0.3 is 9.47 Å². The molecule has 7 rings (SSSR count). The predicted octanol–water partition coefficient (Wildman–Crippen LogP) is 11.3. The third-order valence-corrected chi connectivity index (χ3v) is 16.2. The number of fused-ring (bicyclic) bond motifs is 2. The molecule has 3 heterocycles. The van der Waals surface area contributed by atoms with Crippen LogP contribution in [0.15, 0.2) is 47.6 Å². The number of carbonyl (C=O) groups is 2. The average molecular weight is 965 g/mol. The number of allylic oxidation sites excluding steroid dienone is 2. The maximum absolute atomic E-state index is 15.5. The molecule has 2 aromatic carbocycles. The number of ketones is 2. The first-order valence-corrected chi connectivity index (χ1v) is 21.9. The van der Waals surface area contributed by atoms with Crippen LogP contribution in [-0.2, 0) is 46.1 Å². The van der Waals surface area contributed by atoms with Crippen LogP contribution in [0.25, 0.3) is 0 Å². The van der Waals surface area contributed by atoms with Crippen molar-refractivity contribution in [1.29, 1.82) is 0 Å². The Labute approximate surface area is 344 Å². The molecular weight excluding hydrogens is 912 g/mol. The summed E-state index contributed by atoms with van der Waals surface area (Å²) in [4.78, 5) is 30.3. The summed E-state index contributed by atoms with van der Waals surface area (Å²) in [5.41, 5.74) is 5.06. The Morgan fingerprint density at radius 2 is 0.808 bits per heavy atom. The molecule has 6 atom stereocenters. The first-order chi connectivity index (χ1) is 23.6. The molecule has 2 aliphatic carbocycles. The molecule has 280 valence electrons. The van der Waals surface area contributed by atoms with Gasteiger partial charge in [0.2, 0.25) is 0 Å². The van der Waals surface area contributed by atoms with Gasteiger partial charge in [0.15, 0.2) is 22.8 Å². The zero-order valence-electron chi connectivity index (χ0n) is 32.6. The van der Waals surface area contributed by atoms with Crippen LogP contribution < -0.4 is 9.47 Å². The van der Waals surface area contributed by atoms with Gasteiger partial charge >= 0.3 is 0 Å². The van der Waals surface area contributed by atoms with E-state index < -0.39 is 19.9 Å². The largest absolute Gasteiger partial charge is 0.477 e. The van der Waals surface area contributed by atoms with Crippen LogP contribution in [0, 0.1) is 10.8 Å². The number of hydrogen-bond acceptors (Lipinski definition) is 4. The zero-order valence-corrected chi connectivity index (χ0v) is 38.9. The van der Waals surface area contributed by atoms with Crippen molar-refractivity contribution in [3.8, 4) is 11.5 Å². The molecule has 52 heavy (non-hydrogen) atoms. The van der Waals surface area contributed by atoms with Gasteiger partial charge in [0.1, 0.15) is 20.1 Å². The number of Topliss-reactive ketones (excluding diaryl/α,β-unsaturated/α-hetero) is 2. The Morgan fingerprint density at radius 1 is 0.519 bits per heavy atom. The highest BCUT2D eigenvalue weighted by Gasteiger charge is 2.65. The number of benzene rings is 2. The van der Waals surface area contributed by atoms with Gasteiger partial charge in [-0.05, 0) is 66.2 Å². The lowest BCUT2D eigenvalue weighted by Crippen LogP contribution is -2.63. The summed E-state index contributed by atoms with van der Waals surface area (Å²) in [6.07, 6.45) is 5.82. The van der Waals surface area contributed by atoms with E-state index in [4.69, 9.17) is 9.47 Å². The molecule has 5 aliphatic rings. The summed E-state index contributed by atoms with van der Waals surface area (Å²) in [6.45, 7) is 26.5. The Balaban J connectivity index is 1.59. The fourth-order valence-corrected chi connectivity index (χ4v) is 13.3. The van der Waals surface area contributed by atoms with Gasteiger partial charge in [-0.3, -0.25) is 9.59 Å². The Kier molecular flexibility index (Phi) is 8.75. The second-order valence-electron chi connectivity index (χ2n) is 20.2. The van der Waals surface area contributed by atoms with Crippen LogP contribution in [0.2, 0.25) is 0 Å². The van der Waals surface area contributed by atoms with Crippen LogP contribution >= 0.6 is 63.7 Å². The molecule has 8 heteroatoms. The number of halogens is 4. The molecule has 0 saturated heterocycles. The smallest absolute Gasteiger partial charge is 0.198 e. The maximum atomic E-state index is 15.5. The van der Waals surface area contributed by atoms with Crippen molar-refractivity contribution in [2.75, 3.05) is 0 Å². The van der Waals surface area contributed by atoms with E-state index in [1.54, 1.807) is 0 Å². The molecule has 0 radical (unpaired) electrons. The second-order valence-corrected chi connectivity index (χ2v) is 24.9. The van der Waals surface area contributed by atoms with E-state index in [1.807, 2.05) is 0 Å². The normalized spacial score (nSPS) is 32.8.